The highest BCUT2D eigenvalue weighted by Gasteiger charge is 2.34. The molecule has 2 amide bonds. The van der Waals surface area contributed by atoms with Crippen molar-refractivity contribution in [2.45, 2.75) is 51.8 Å². The molecule has 3 rings (SSSR count). The van der Waals surface area contributed by atoms with Crippen LogP contribution >= 0.6 is 0 Å². The second kappa shape index (κ2) is 6.43. The van der Waals surface area contributed by atoms with E-state index in [-0.39, 0.29) is 18.0 Å². The van der Waals surface area contributed by atoms with Crippen LogP contribution in [-0.2, 0) is 16.1 Å². The first-order valence-electron chi connectivity index (χ1n) is 8.37. The number of ether oxygens (including phenoxy) is 1. The largest absolute Gasteiger partial charge is 0.444 e. The minimum atomic E-state index is -0.516. The van der Waals surface area contributed by atoms with Crippen molar-refractivity contribution in [2.24, 2.45) is 0 Å². The van der Waals surface area contributed by atoms with Crippen molar-refractivity contribution in [3.63, 3.8) is 0 Å². The first kappa shape index (κ1) is 16.8. The molecule has 1 atom stereocenters. The highest BCUT2D eigenvalue weighted by molar-refractivity contribution is 5.97. The van der Waals surface area contributed by atoms with E-state index < -0.39 is 5.60 Å². The van der Waals surface area contributed by atoms with Gasteiger partial charge in [-0.25, -0.2) is 9.86 Å². The smallest absolute Gasteiger partial charge is 0.410 e. The Morgan fingerprint density at radius 1 is 1.29 bits per heavy atom. The average Bonchev–Trinajstić information content (AvgIpc) is 3.09. The minimum absolute atomic E-state index is 0.0589. The fourth-order valence-corrected chi connectivity index (χ4v) is 3.08. The molecular formula is C18H24N2O4. The van der Waals surface area contributed by atoms with Crippen molar-refractivity contribution < 1.29 is 19.2 Å². The highest BCUT2D eigenvalue weighted by Crippen LogP contribution is 2.25. The van der Waals surface area contributed by atoms with Crippen molar-refractivity contribution in [1.29, 1.82) is 0 Å². The predicted molar refractivity (Wildman–Crippen MR) is 88.2 cm³/mol. The summed E-state index contributed by atoms with van der Waals surface area (Å²) < 4.78 is 5.45. The van der Waals surface area contributed by atoms with Gasteiger partial charge in [0.2, 0.25) is 0 Å². The van der Waals surface area contributed by atoms with Crippen LogP contribution in [0.2, 0.25) is 0 Å². The van der Waals surface area contributed by atoms with Gasteiger partial charge in [0.25, 0.3) is 5.91 Å². The van der Waals surface area contributed by atoms with Gasteiger partial charge in [-0.3, -0.25) is 9.63 Å². The third-order valence-corrected chi connectivity index (χ3v) is 4.22. The van der Waals surface area contributed by atoms with Crippen LogP contribution in [-0.4, -0.2) is 46.8 Å². The van der Waals surface area contributed by atoms with Gasteiger partial charge in [-0.2, -0.15) is 0 Å². The molecule has 0 saturated carbocycles. The highest BCUT2D eigenvalue weighted by atomic mass is 16.7. The van der Waals surface area contributed by atoms with Gasteiger partial charge in [0.15, 0.2) is 0 Å². The van der Waals surface area contributed by atoms with E-state index in [1.807, 2.05) is 45.0 Å². The molecule has 1 fully saturated rings. The topological polar surface area (TPSA) is 59.1 Å². The molecule has 0 bridgehead atoms. The molecule has 0 spiro atoms. The van der Waals surface area contributed by atoms with E-state index in [0.29, 0.717) is 25.3 Å². The zero-order valence-corrected chi connectivity index (χ0v) is 14.4. The summed E-state index contributed by atoms with van der Waals surface area (Å²) in [6.07, 6.45) is 1.46. The monoisotopic (exact) mass is 332 g/mol. The lowest BCUT2D eigenvalue weighted by atomic mass is 10.1. The molecule has 2 aliphatic heterocycles. The lowest BCUT2D eigenvalue weighted by Crippen LogP contribution is -2.43. The Morgan fingerprint density at radius 2 is 2.04 bits per heavy atom. The number of amides is 2. The van der Waals surface area contributed by atoms with Crippen molar-refractivity contribution in [3.8, 4) is 0 Å². The van der Waals surface area contributed by atoms with Gasteiger partial charge in [0.05, 0.1) is 19.2 Å². The zero-order chi connectivity index (χ0) is 17.3. The molecule has 0 radical (unpaired) electrons. The van der Waals surface area contributed by atoms with Crippen LogP contribution in [0, 0.1) is 0 Å². The summed E-state index contributed by atoms with van der Waals surface area (Å²) in [6.45, 7) is 6.98. The van der Waals surface area contributed by atoms with Gasteiger partial charge in [-0.15, -0.1) is 0 Å². The maximum Gasteiger partial charge on any atom is 0.410 e. The zero-order valence-electron chi connectivity index (χ0n) is 14.4. The van der Waals surface area contributed by atoms with E-state index in [9.17, 15) is 9.59 Å². The summed E-state index contributed by atoms with van der Waals surface area (Å²) in [5.41, 5.74) is 1.14. The number of hydroxylamine groups is 2. The molecule has 1 aromatic carbocycles. The Bertz CT molecular complexity index is 638. The van der Waals surface area contributed by atoms with E-state index in [2.05, 4.69) is 0 Å². The molecule has 6 nitrogen and oxygen atoms in total. The minimum Gasteiger partial charge on any atom is -0.444 e. The van der Waals surface area contributed by atoms with Crippen LogP contribution in [0.4, 0.5) is 4.79 Å². The predicted octanol–water partition coefficient (Wildman–Crippen LogP) is 2.97. The third kappa shape index (κ3) is 3.53. The quantitative estimate of drug-likeness (QED) is 0.854. The fraction of sp³-hybridized carbons (Fsp3) is 0.556. The number of nitrogens with zero attached hydrogens (tertiary/aromatic N) is 2. The van der Waals surface area contributed by atoms with Gasteiger partial charge in [0, 0.05) is 12.1 Å². The summed E-state index contributed by atoms with van der Waals surface area (Å²) in [4.78, 5) is 32.0. The van der Waals surface area contributed by atoms with Crippen molar-refractivity contribution in [1.82, 2.24) is 9.96 Å². The fourth-order valence-electron chi connectivity index (χ4n) is 3.08. The summed E-state index contributed by atoms with van der Waals surface area (Å²) in [6, 6.07) is 7.44. The van der Waals surface area contributed by atoms with E-state index in [1.54, 1.807) is 4.90 Å². The normalized spacial score (nSPS) is 20.5. The number of fused-ring (bicyclic) bond motifs is 1. The van der Waals surface area contributed by atoms with Gasteiger partial charge in [-0.1, -0.05) is 18.2 Å². The first-order valence-corrected chi connectivity index (χ1v) is 8.37. The second-order valence-corrected chi connectivity index (χ2v) is 7.26. The molecule has 1 aromatic rings. The van der Waals surface area contributed by atoms with E-state index >= 15 is 0 Å². The molecular weight excluding hydrogens is 308 g/mol. The molecule has 1 saturated heterocycles. The standard InChI is InChI=1S/C18H24N2O4/c1-18(2,3)24-17(22)19-10-6-8-14(19)12-23-20-11-13-7-4-5-9-15(13)16(20)21/h4-5,7,9,14H,6,8,10-12H2,1-3H3/t14-/m0/s1. The Balaban J connectivity index is 1.57. The van der Waals surface area contributed by atoms with Crippen molar-refractivity contribution in [2.75, 3.05) is 13.2 Å². The van der Waals surface area contributed by atoms with Crippen LogP contribution in [0.15, 0.2) is 24.3 Å². The number of rotatable bonds is 3. The van der Waals surface area contributed by atoms with Gasteiger partial charge >= 0.3 is 6.09 Å². The van der Waals surface area contributed by atoms with Gasteiger partial charge in [0.1, 0.15) is 5.60 Å². The Hall–Kier alpha value is -2.08. The van der Waals surface area contributed by atoms with E-state index in [1.165, 1.54) is 5.06 Å². The van der Waals surface area contributed by atoms with Crippen molar-refractivity contribution in [3.05, 3.63) is 35.4 Å². The molecule has 24 heavy (non-hydrogen) atoms. The maximum atomic E-state index is 12.3. The molecule has 6 heteroatoms. The molecule has 2 heterocycles. The summed E-state index contributed by atoms with van der Waals surface area (Å²) in [5.74, 6) is -0.118. The number of carbonyl (C=O) groups excluding carboxylic acids is 2. The van der Waals surface area contributed by atoms with Crippen LogP contribution in [0.5, 0.6) is 0 Å². The number of hydrogen-bond acceptors (Lipinski definition) is 4. The summed E-state index contributed by atoms with van der Waals surface area (Å²) in [5, 5.41) is 1.39. The Morgan fingerprint density at radius 3 is 2.75 bits per heavy atom. The van der Waals surface area contributed by atoms with Gasteiger partial charge < -0.3 is 9.64 Å². The third-order valence-electron chi connectivity index (χ3n) is 4.22. The molecule has 0 N–H and O–H groups in total. The van der Waals surface area contributed by atoms with Crippen LogP contribution < -0.4 is 0 Å². The maximum absolute atomic E-state index is 12.3. The SMILES string of the molecule is CC(C)(C)OC(=O)N1CCC[C@H]1CON1Cc2ccccc2C1=O. The number of hydrogen-bond donors (Lipinski definition) is 0. The molecule has 2 aliphatic rings. The van der Waals surface area contributed by atoms with Crippen molar-refractivity contribution >= 4 is 12.0 Å². The number of carbonyl (C=O) groups is 2. The molecule has 0 aliphatic carbocycles. The van der Waals surface area contributed by atoms with Crippen LogP contribution in [0.1, 0.15) is 49.5 Å². The second-order valence-electron chi connectivity index (χ2n) is 7.26. The Labute approximate surface area is 142 Å². The number of benzene rings is 1. The van der Waals surface area contributed by atoms with Crippen LogP contribution in [0.3, 0.4) is 0 Å². The number of likely N-dealkylation sites (tertiary alicyclic amines) is 1. The average molecular weight is 332 g/mol. The molecule has 0 aromatic heterocycles. The summed E-state index contributed by atoms with van der Waals surface area (Å²) >= 11 is 0. The lowest BCUT2D eigenvalue weighted by molar-refractivity contribution is -0.136. The van der Waals surface area contributed by atoms with Gasteiger partial charge in [-0.05, 0) is 45.2 Å². The first-order chi connectivity index (χ1) is 11.3. The van der Waals surface area contributed by atoms with E-state index in [4.69, 9.17) is 9.57 Å². The summed E-state index contributed by atoms with van der Waals surface area (Å²) in [7, 11) is 0. The van der Waals surface area contributed by atoms with Crippen LogP contribution in [0.25, 0.3) is 0 Å². The molecule has 130 valence electrons. The molecule has 0 unspecified atom stereocenters. The van der Waals surface area contributed by atoms with E-state index in [0.717, 1.165) is 18.4 Å². The Kier molecular flexibility index (Phi) is 4.49. The lowest BCUT2D eigenvalue weighted by Gasteiger charge is -2.29.